The highest BCUT2D eigenvalue weighted by atomic mass is 19.1. The van der Waals surface area contributed by atoms with Gasteiger partial charge in [0.1, 0.15) is 31.8 Å². The average molecular weight is 1050 g/mol. The number of amides is 8. The lowest BCUT2D eigenvalue weighted by molar-refractivity contribution is -0.172. The summed E-state index contributed by atoms with van der Waals surface area (Å²) in [5.74, 6) is -5.80. The molecule has 4 aromatic rings. The van der Waals surface area contributed by atoms with Crippen molar-refractivity contribution in [2.45, 2.75) is 109 Å². The number of nitrogens with one attached hydrogen (secondary N) is 6. The van der Waals surface area contributed by atoms with Gasteiger partial charge in [0.15, 0.2) is 5.60 Å². The van der Waals surface area contributed by atoms with Crippen molar-refractivity contribution >= 4 is 64.1 Å². The summed E-state index contributed by atoms with van der Waals surface area (Å²) in [6.07, 6.45) is 2.32. The molecule has 0 saturated carbocycles. The molecule has 2 aromatic carbocycles. The highest BCUT2D eigenvalue weighted by molar-refractivity contribution is 6.05. The third-order valence-corrected chi connectivity index (χ3v) is 14.1. The van der Waals surface area contributed by atoms with Crippen LogP contribution in [-0.2, 0) is 84.2 Å². The van der Waals surface area contributed by atoms with Crippen LogP contribution in [0.2, 0.25) is 0 Å². The number of rotatable bonds is 22. The van der Waals surface area contributed by atoms with E-state index in [1.165, 1.54) is 10.6 Å². The number of cyclic esters (lactones) is 1. The van der Waals surface area contributed by atoms with Gasteiger partial charge in [-0.15, -0.1) is 0 Å². The molecule has 24 heteroatoms. The third kappa shape index (κ3) is 11.6. The second-order valence-electron chi connectivity index (χ2n) is 19.1. The van der Waals surface area contributed by atoms with Gasteiger partial charge in [0.2, 0.25) is 47.3 Å². The molecule has 1 fully saturated rings. The SMILES string of the molecule is CC[C@@]1(O)C(=O)OCc2c1cc1n(c2=O)Cc2c-1nc1cc(F)c(C)c3c1c2[C@@H](NC(=O)COCNC(=O)CNC(=O)[C@H](Cc1ccccc1)NC(=O)CNC(=O)CNC(=O)CCCCCN1C(=O)CC(N)C1=O)CC3. The minimum atomic E-state index is -2.05. The predicted octanol–water partition coefficient (Wildman–Crippen LogP) is -0.556. The van der Waals surface area contributed by atoms with Gasteiger partial charge in [0.05, 0.1) is 67.2 Å². The Labute approximate surface area is 434 Å². The fourth-order valence-electron chi connectivity index (χ4n) is 10.1. The van der Waals surface area contributed by atoms with Crippen LogP contribution in [0.25, 0.3) is 22.3 Å². The maximum Gasteiger partial charge on any atom is 0.343 e. The molecule has 1 unspecified atom stereocenters. The van der Waals surface area contributed by atoms with Crippen LogP contribution in [0.1, 0.15) is 96.9 Å². The van der Waals surface area contributed by atoms with E-state index in [4.69, 9.17) is 20.2 Å². The van der Waals surface area contributed by atoms with Crippen molar-refractivity contribution in [1.29, 1.82) is 0 Å². The summed E-state index contributed by atoms with van der Waals surface area (Å²) in [4.78, 5) is 134. The minimum Gasteiger partial charge on any atom is -0.458 e. The molecule has 1 saturated heterocycles. The Hall–Kier alpha value is -7.96. The maximum absolute atomic E-state index is 15.4. The van der Waals surface area contributed by atoms with Gasteiger partial charge >= 0.3 is 5.97 Å². The third-order valence-electron chi connectivity index (χ3n) is 14.1. The summed E-state index contributed by atoms with van der Waals surface area (Å²) in [5, 5.41) is 27.4. The highest BCUT2D eigenvalue weighted by Gasteiger charge is 2.46. The number of hydrogen-bond acceptors (Lipinski definition) is 15. The Balaban J connectivity index is 0.800. The van der Waals surface area contributed by atoms with E-state index in [2.05, 4.69) is 31.9 Å². The molecule has 5 heterocycles. The lowest BCUT2D eigenvalue weighted by atomic mass is 9.81. The summed E-state index contributed by atoms with van der Waals surface area (Å²) in [6.45, 7) is 0.830. The lowest BCUT2D eigenvalue weighted by Crippen LogP contribution is -2.52. The number of ether oxygens (including phenoxy) is 2. The zero-order valence-corrected chi connectivity index (χ0v) is 41.9. The van der Waals surface area contributed by atoms with Gasteiger partial charge in [-0.2, -0.15) is 0 Å². The lowest BCUT2D eigenvalue weighted by Gasteiger charge is -2.31. The number of unbranched alkanes of at least 4 members (excludes halogenated alkanes) is 2. The number of imide groups is 1. The molecule has 8 amide bonds. The van der Waals surface area contributed by atoms with Crippen LogP contribution in [-0.4, -0.2) is 124 Å². The molecule has 76 heavy (non-hydrogen) atoms. The van der Waals surface area contributed by atoms with Crippen LogP contribution in [0.5, 0.6) is 0 Å². The number of esters is 1. The number of aryl methyl sites for hydroxylation is 1. The summed E-state index contributed by atoms with van der Waals surface area (Å²) in [7, 11) is 0. The van der Waals surface area contributed by atoms with Gasteiger partial charge in [0, 0.05) is 42.0 Å². The second kappa shape index (κ2) is 23.3. The van der Waals surface area contributed by atoms with Gasteiger partial charge in [-0.1, -0.05) is 43.7 Å². The number of likely N-dealkylation sites (tertiary alicyclic amines) is 1. The van der Waals surface area contributed by atoms with E-state index in [1.807, 2.05) is 0 Å². The Bertz CT molecular complexity index is 3090. The number of aliphatic hydroxyl groups is 1. The molecule has 4 aliphatic rings. The molecular weight excluding hydrogens is 992 g/mol. The molecule has 2 aromatic heterocycles. The smallest absolute Gasteiger partial charge is 0.343 e. The molecule has 9 N–H and O–H groups in total. The van der Waals surface area contributed by atoms with Crippen LogP contribution < -0.4 is 43.2 Å². The standard InChI is InChI=1S/C52H59FN10O13/c1-3-52(74)32-17-38-47-30(23-63(38)49(71)31(32)24-76-51(52)73)46-35(14-13-29-27(2)33(53)18-36(61-47)45(29)46)59-43(68)25-75-26-58-41(66)21-57-48(70)37(16-28-10-6-4-7-11-28)60-42(67)22-56-40(65)20-55-39(64)12-8-5-9-15-62-44(69)19-34(54)50(62)72/h4,6-7,10-11,17-18,34-35,37,74H,3,5,8-9,12-16,19-26,54H2,1-2H3,(H,55,64)(H,56,65)(H,57,70)(H,58,66)(H,59,68)(H,60,67)/t34?,35-,37-,52-/m0/s1. The van der Waals surface area contributed by atoms with Crippen LogP contribution in [0.15, 0.2) is 47.3 Å². The number of hydrogen-bond donors (Lipinski definition) is 8. The molecule has 0 radical (unpaired) electrons. The van der Waals surface area contributed by atoms with E-state index < -0.39 is 115 Å². The molecule has 1 aliphatic carbocycles. The van der Waals surface area contributed by atoms with Crippen molar-refractivity contribution in [2.75, 3.05) is 39.5 Å². The predicted molar refractivity (Wildman–Crippen MR) is 266 cm³/mol. The number of carbonyl (C=O) groups is 9. The van der Waals surface area contributed by atoms with Crippen molar-refractivity contribution in [3.63, 3.8) is 0 Å². The van der Waals surface area contributed by atoms with E-state index in [0.29, 0.717) is 76.6 Å². The van der Waals surface area contributed by atoms with Crippen molar-refractivity contribution in [3.05, 3.63) is 97.6 Å². The number of carbonyl (C=O) groups excluding carboxylic acids is 9. The highest BCUT2D eigenvalue weighted by Crippen LogP contribution is 2.46. The average Bonchev–Trinajstić information content (AvgIpc) is 3.97. The van der Waals surface area contributed by atoms with E-state index >= 15 is 4.39 Å². The summed E-state index contributed by atoms with van der Waals surface area (Å²) >= 11 is 0. The Morgan fingerprint density at radius 1 is 0.908 bits per heavy atom. The largest absolute Gasteiger partial charge is 0.458 e. The molecular formula is C52H59FN10O13. The Kier molecular flexibility index (Phi) is 16.6. The number of pyridine rings is 2. The normalized spacial score (nSPS) is 18.5. The fraction of sp³-hybridized carbons (Fsp3) is 0.442. The fourth-order valence-corrected chi connectivity index (χ4v) is 10.1. The van der Waals surface area contributed by atoms with Gasteiger partial charge in [-0.3, -0.25) is 48.1 Å². The molecule has 4 atom stereocenters. The topological polar surface area (TPSA) is 329 Å². The van der Waals surface area contributed by atoms with Crippen molar-refractivity contribution in [2.24, 2.45) is 5.73 Å². The number of nitrogens with two attached hydrogens (primary N) is 1. The number of halogens is 1. The first-order valence-corrected chi connectivity index (χ1v) is 25.1. The molecule has 0 bridgehead atoms. The Morgan fingerprint density at radius 2 is 1.63 bits per heavy atom. The molecule has 23 nitrogen and oxygen atoms in total. The number of benzene rings is 2. The van der Waals surface area contributed by atoms with E-state index in [-0.39, 0.29) is 62.4 Å². The summed E-state index contributed by atoms with van der Waals surface area (Å²) in [6, 6.07) is 9.00. The van der Waals surface area contributed by atoms with Crippen LogP contribution in [0.4, 0.5) is 4.39 Å². The van der Waals surface area contributed by atoms with Gasteiger partial charge in [0.25, 0.3) is 5.56 Å². The number of fused-ring (bicyclic) bond motifs is 5. The number of aromatic nitrogens is 2. The monoisotopic (exact) mass is 1050 g/mol. The summed E-state index contributed by atoms with van der Waals surface area (Å²) < 4.78 is 27.5. The van der Waals surface area contributed by atoms with Gasteiger partial charge in [-0.05, 0) is 67.3 Å². The second-order valence-corrected chi connectivity index (χ2v) is 19.1. The first-order valence-electron chi connectivity index (χ1n) is 25.1. The number of nitrogens with zero attached hydrogens (tertiary/aromatic N) is 3. The molecule has 0 spiro atoms. The zero-order valence-electron chi connectivity index (χ0n) is 41.9. The van der Waals surface area contributed by atoms with E-state index in [0.717, 1.165) is 10.5 Å². The summed E-state index contributed by atoms with van der Waals surface area (Å²) in [5.41, 5.74) is 7.44. The van der Waals surface area contributed by atoms with Crippen LogP contribution >= 0.6 is 0 Å². The first-order chi connectivity index (χ1) is 36.4. The van der Waals surface area contributed by atoms with Crippen molar-refractivity contribution in [1.82, 2.24) is 46.4 Å². The maximum atomic E-state index is 15.4. The van der Waals surface area contributed by atoms with Crippen molar-refractivity contribution < 1.29 is 62.1 Å². The Morgan fingerprint density at radius 3 is 2.37 bits per heavy atom. The van der Waals surface area contributed by atoms with Crippen LogP contribution in [0.3, 0.4) is 0 Å². The zero-order chi connectivity index (χ0) is 54.4. The first kappa shape index (κ1) is 54.3. The minimum absolute atomic E-state index is 0.0150. The molecule has 3 aliphatic heterocycles. The molecule has 402 valence electrons. The van der Waals surface area contributed by atoms with Crippen molar-refractivity contribution in [3.8, 4) is 11.4 Å². The van der Waals surface area contributed by atoms with Gasteiger partial charge in [-0.25, -0.2) is 14.2 Å². The quantitative estimate of drug-likeness (QED) is 0.0187. The van der Waals surface area contributed by atoms with E-state index in [9.17, 15) is 53.1 Å². The van der Waals surface area contributed by atoms with E-state index in [1.54, 1.807) is 50.2 Å². The molecule has 8 rings (SSSR count). The van der Waals surface area contributed by atoms with Gasteiger partial charge < -0.3 is 56.8 Å². The van der Waals surface area contributed by atoms with Crippen LogP contribution in [0, 0.1) is 12.7 Å².